The number of hydrogen-bond donors (Lipinski definition) is 0. The average Bonchev–Trinajstić information content (AvgIpc) is 2.59. The van der Waals surface area contributed by atoms with Crippen molar-refractivity contribution in [1.82, 2.24) is 0 Å². The van der Waals surface area contributed by atoms with Crippen LogP contribution in [-0.2, 0) is 4.79 Å². The van der Waals surface area contributed by atoms with Crippen LogP contribution in [0.4, 0.5) is 0 Å². The molecule has 0 atom stereocenters. The molecule has 0 bridgehead atoms. The number of fused-ring (bicyclic) bond motifs is 3. The summed E-state index contributed by atoms with van der Waals surface area (Å²) in [5.74, 6) is -0.203. The molecule has 1 heterocycles. The van der Waals surface area contributed by atoms with E-state index in [2.05, 4.69) is 9.98 Å². The van der Waals surface area contributed by atoms with Crippen LogP contribution in [-0.4, -0.2) is 18.0 Å². The maximum atomic E-state index is 11.4. The highest BCUT2D eigenvalue weighted by Gasteiger charge is 2.26. The first-order valence-electron chi connectivity index (χ1n) is 4.32. The zero-order chi connectivity index (χ0) is 9.54. The summed E-state index contributed by atoms with van der Waals surface area (Å²) in [5.41, 5.74) is 3.41. The lowest BCUT2D eigenvalue weighted by molar-refractivity contribution is -0.113. The summed E-state index contributed by atoms with van der Waals surface area (Å²) in [6, 6.07) is 7.81. The monoisotopic (exact) mass is 182 g/mol. The normalized spacial score (nSPS) is 17.3. The van der Waals surface area contributed by atoms with Gasteiger partial charge in [0, 0.05) is 5.56 Å². The number of carbonyl (C=O) groups excluding carboxylic acids is 1. The molecule has 66 valence electrons. The number of hydrogen-bond acceptors (Lipinski definition) is 2. The van der Waals surface area contributed by atoms with Crippen LogP contribution in [0, 0.1) is 0 Å². The van der Waals surface area contributed by atoms with Gasteiger partial charge in [0.05, 0.1) is 11.3 Å². The molecule has 0 fully saturated rings. The van der Waals surface area contributed by atoms with Crippen LogP contribution >= 0.6 is 0 Å². The number of rotatable bonds is 0. The Morgan fingerprint density at radius 3 is 2.93 bits per heavy atom. The quantitative estimate of drug-likeness (QED) is 0.598. The number of amides is 1. The molecule has 1 aromatic carbocycles. The van der Waals surface area contributed by atoms with Crippen molar-refractivity contribution in [2.45, 2.75) is 0 Å². The Kier molecular flexibility index (Phi) is 1.31. The fraction of sp³-hybridized carbons (Fsp3) is 0. The Balaban J connectivity index is 2.29. The molecular formula is C11H6N2O. The zero-order valence-electron chi connectivity index (χ0n) is 7.27. The van der Waals surface area contributed by atoms with Gasteiger partial charge in [-0.2, -0.15) is 4.99 Å². The first-order chi connectivity index (χ1) is 6.86. The smallest absolute Gasteiger partial charge is 0.267 e. The molecule has 0 N–H and O–H groups in total. The van der Waals surface area contributed by atoms with Crippen LogP contribution in [0.25, 0.3) is 6.08 Å². The molecule has 1 aliphatic carbocycles. The predicted molar refractivity (Wildman–Crippen MR) is 54.5 cm³/mol. The Hall–Kier alpha value is -2.03. The third kappa shape index (κ3) is 0.836. The molecule has 0 radical (unpaired) electrons. The van der Waals surface area contributed by atoms with Gasteiger partial charge in [-0.15, -0.1) is 0 Å². The first kappa shape index (κ1) is 7.38. The van der Waals surface area contributed by atoms with E-state index in [0.717, 1.165) is 16.8 Å². The molecule has 14 heavy (non-hydrogen) atoms. The van der Waals surface area contributed by atoms with Crippen molar-refractivity contribution < 1.29 is 4.79 Å². The number of aliphatic imine (C=N–C) groups is 2. The molecule has 0 spiro atoms. The Bertz CT molecular complexity index is 524. The van der Waals surface area contributed by atoms with E-state index in [-0.39, 0.29) is 5.91 Å². The SMILES string of the molecule is O=C1N=CN=C2C1=Cc1ccccc12. The third-order valence-corrected chi connectivity index (χ3v) is 2.36. The van der Waals surface area contributed by atoms with E-state index >= 15 is 0 Å². The maximum absolute atomic E-state index is 11.4. The van der Waals surface area contributed by atoms with Crippen molar-refractivity contribution in [2.75, 3.05) is 0 Å². The van der Waals surface area contributed by atoms with Gasteiger partial charge in [0.1, 0.15) is 6.34 Å². The highest BCUT2D eigenvalue weighted by atomic mass is 16.1. The molecule has 0 saturated heterocycles. The molecular weight excluding hydrogens is 176 g/mol. The van der Waals surface area contributed by atoms with E-state index in [4.69, 9.17) is 0 Å². The summed E-state index contributed by atoms with van der Waals surface area (Å²) in [4.78, 5) is 19.2. The van der Waals surface area contributed by atoms with E-state index in [1.807, 2.05) is 30.3 Å². The first-order valence-corrected chi connectivity index (χ1v) is 4.32. The van der Waals surface area contributed by atoms with Gasteiger partial charge < -0.3 is 0 Å². The molecule has 3 heteroatoms. The van der Waals surface area contributed by atoms with Gasteiger partial charge in [-0.05, 0) is 11.6 Å². The standard InChI is InChI=1S/C11H6N2O/c14-11-9-5-7-3-1-2-4-8(7)10(9)12-6-13-11/h1-6H. The Labute approximate surface area is 80.5 Å². The minimum atomic E-state index is -0.203. The molecule has 1 aromatic rings. The van der Waals surface area contributed by atoms with Crippen molar-refractivity contribution in [3.05, 3.63) is 41.0 Å². The van der Waals surface area contributed by atoms with E-state index in [0.29, 0.717) is 5.57 Å². The lowest BCUT2D eigenvalue weighted by atomic mass is 10.1. The third-order valence-electron chi connectivity index (χ3n) is 2.36. The zero-order valence-corrected chi connectivity index (χ0v) is 7.27. The van der Waals surface area contributed by atoms with Crippen LogP contribution in [0.2, 0.25) is 0 Å². The molecule has 2 aliphatic rings. The second kappa shape index (κ2) is 2.48. The summed E-state index contributed by atoms with van der Waals surface area (Å²) in [7, 11) is 0. The van der Waals surface area contributed by atoms with Gasteiger partial charge >= 0.3 is 0 Å². The summed E-state index contributed by atoms with van der Waals surface area (Å²) >= 11 is 0. The van der Waals surface area contributed by atoms with E-state index in [9.17, 15) is 4.79 Å². The lowest BCUT2D eigenvalue weighted by Crippen LogP contribution is -2.12. The van der Waals surface area contributed by atoms with E-state index in [1.165, 1.54) is 6.34 Å². The topological polar surface area (TPSA) is 41.8 Å². The highest BCUT2D eigenvalue weighted by Crippen LogP contribution is 2.27. The maximum Gasteiger partial charge on any atom is 0.280 e. The number of benzene rings is 1. The van der Waals surface area contributed by atoms with Crippen LogP contribution in [0.1, 0.15) is 11.1 Å². The minimum absolute atomic E-state index is 0.203. The molecule has 0 aromatic heterocycles. The van der Waals surface area contributed by atoms with E-state index in [1.54, 1.807) is 0 Å². The van der Waals surface area contributed by atoms with Crippen LogP contribution in [0.5, 0.6) is 0 Å². The molecule has 1 amide bonds. The average molecular weight is 182 g/mol. The minimum Gasteiger partial charge on any atom is -0.267 e. The van der Waals surface area contributed by atoms with Crippen LogP contribution in [0.3, 0.4) is 0 Å². The largest absolute Gasteiger partial charge is 0.280 e. The second-order valence-corrected chi connectivity index (χ2v) is 3.17. The highest BCUT2D eigenvalue weighted by molar-refractivity contribution is 6.37. The van der Waals surface area contributed by atoms with Crippen molar-refractivity contribution in [3.63, 3.8) is 0 Å². The van der Waals surface area contributed by atoms with Gasteiger partial charge in [-0.3, -0.25) is 4.79 Å². The van der Waals surface area contributed by atoms with Crippen molar-refractivity contribution in [2.24, 2.45) is 9.98 Å². The molecule has 0 unspecified atom stereocenters. The van der Waals surface area contributed by atoms with Gasteiger partial charge in [0.25, 0.3) is 5.91 Å². The summed E-state index contributed by atoms with van der Waals surface area (Å²) < 4.78 is 0. The molecule has 1 aliphatic heterocycles. The summed E-state index contributed by atoms with van der Waals surface area (Å²) in [5, 5.41) is 0. The van der Waals surface area contributed by atoms with Crippen molar-refractivity contribution >= 4 is 24.0 Å². The fourth-order valence-corrected chi connectivity index (χ4v) is 1.72. The van der Waals surface area contributed by atoms with Gasteiger partial charge in [-0.1, -0.05) is 24.3 Å². The lowest BCUT2D eigenvalue weighted by Gasteiger charge is -2.04. The van der Waals surface area contributed by atoms with Gasteiger partial charge in [-0.25, -0.2) is 4.99 Å². The fourth-order valence-electron chi connectivity index (χ4n) is 1.72. The molecule has 0 saturated carbocycles. The Morgan fingerprint density at radius 2 is 2.00 bits per heavy atom. The van der Waals surface area contributed by atoms with Crippen molar-refractivity contribution in [1.29, 1.82) is 0 Å². The molecule has 3 rings (SSSR count). The van der Waals surface area contributed by atoms with Crippen molar-refractivity contribution in [3.8, 4) is 0 Å². The molecule has 3 nitrogen and oxygen atoms in total. The van der Waals surface area contributed by atoms with E-state index < -0.39 is 0 Å². The van der Waals surface area contributed by atoms with Crippen LogP contribution in [0.15, 0.2) is 39.8 Å². The van der Waals surface area contributed by atoms with Gasteiger partial charge in [0.2, 0.25) is 0 Å². The Morgan fingerprint density at radius 1 is 1.14 bits per heavy atom. The second-order valence-electron chi connectivity index (χ2n) is 3.17. The summed E-state index contributed by atoms with van der Waals surface area (Å²) in [6.07, 6.45) is 3.16. The summed E-state index contributed by atoms with van der Waals surface area (Å²) in [6.45, 7) is 0. The van der Waals surface area contributed by atoms with Crippen LogP contribution < -0.4 is 0 Å². The van der Waals surface area contributed by atoms with Gasteiger partial charge in [0.15, 0.2) is 0 Å². The number of nitrogens with zero attached hydrogens (tertiary/aromatic N) is 2. The number of carbonyl (C=O) groups is 1. The predicted octanol–water partition coefficient (Wildman–Crippen LogP) is 1.44.